The van der Waals surface area contributed by atoms with Crippen LogP contribution in [0.15, 0.2) is 0 Å². The molecule has 110 valence electrons. The summed E-state index contributed by atoms with van der Waals surface area (Å²) in [4.78, 5) is 25.9. The first-order chi connectivity index (χ1) is 9.61. The number of amides is 2. The zero-order valence-corrected chi connectivity index (χ0v) is 12.2. The Hall–Kier alpha value is -1.06. The fourth-order valence-electron chi connectivity index (χ4n) is 5.72. The van der Waals surface area contributed by atoms with Gasteiger partial charge in [0.05, 0.1) is 0 Å². The van der Waals surface area contributed by atoms with Crippen LogP contribution in [0.3, 0.4) is 0 Å². The molecule has 4 nitrogen and oxygen atoms in total. The molecule has 1 aliphatic heterocycles. The minimum Gasteiger partial charge on any atom is -0.344 e. The molecule has 4 aliphatic carbocycles. The Labute approximate surface area is 120 Å². The van der Waals surface area contributed by atoms with Gasteiger partial charge in [0.25, 0.3) is 0 Å². The maximum absolute atomic E-state index is 12.6. The first-order valence-electron chi connectivity index (χ1n) is 8.18. The number of hydrogen-bond acceptors (Lipinski definition) is 2. The van der Waals surface area contributed by atoms with E-state index in [9.17, 15) is 9.59 Å². The predicted octanol–water partition coefficient (Wildman–Crippen LogP) is 1.55. The van der Waals surface area contributed by atoms with Gasteiger partial charge in [-0.15, -0.1) is 0 Å². The minimum absolute atomic E-state index is 0.0295. The van der Waals surface area contributed by atoms with Crippen LogP contribution in [0.4, 0.5) is 0 Å². The molecule has 0 unspecified atom stereocenters. The highest BCUT2D eigenvalue weighted by molar-refractivity contribution is 5.90. The van der Waals surface area contributed by atoms with Crippen LogP contribution < -0.4 is 5.32 Å². The van der Waals surface area contributed by atoms with Crippen LogP contribution >= 0.6 is 0 Å². The average molecular weight is 276 g/mol. The molecule has 1 saturated heterocycles. The third-order valence-corrected chi connectivity index (χ3v) is 6.27. The predicted molar refractivity (Wildman–Crippen MR) is 74.8 cm³/mol. The summed E-state index contributed by atoms with van der Waals surface area (Å²) in [6, 6.07) is 0.178. The van der Waals surface area contributed by atoms with E-state index in [0.29, 0.717) is 18.9 Å². The lowest BCUT2D eigenvalue weighted by Crippen LogP contribution is -2.58. The van der Waals surface area contributed by atoms with Crippen LogP contribution in [0.1, 0.15) is 44.9 Å². The summed E-state index contributed by atoms with van der Waals surface area (Å²) in [5.41, 5.74) is 0. The Morgan fingerprint density at radius 3 is 2.20 bits per heavy atom. The van der Waals surface area contributed by atoms with E-state index in [1.54, 1.807) is 0 Å². The minimum atomic E-state index is -0.260. The zero-order valence-electron chi connectivity index (χ0n) is 12.2. The van der Waals surface area contributed by atoms with E-state index >= 15 is 0 Å². The van der Waals surface area contributed by atoms with Crippen LogP contribution in [0.5, 0.6) is 0 Å². The lowest BCUT2D eigenvalue weighted by molar-refractivity contribution is -0.143. The second kappa shape index (κ2) is 4.47. The fourth-order valence-corrected chi connectivity index (χ4v) is 5.72. The van der Waals surface area contributed by atoms with E-state index in [0.717, 1.165) is 23.7 Å². The molecule has 1 heterocycles. The van der Waals surface area contributed by atoms with Crippen molar-refractivity contribution in [3.8, 4) is 0 Å². The number of carbonyl (C=O) groups excluding carboxylic acids is 2. The van der Waals surface area contributed by atoms with Crippen molar-refractivity contribution in [1.29, 1.82) is 0 Å². The summed E-state index contributed by atoms with van der Waals surface area (Å²) in [7, 11) is 1.97. The number of likely N-dealkylation sites (N-methyl/N-ethyl adjacent to an activating group) is 1. The van der Waals surface area contributed by atoms with Gasteiger partial charge in [-0.3, -0.25) is 9.59 Å². The summed E-state index contributed by atoms with van der Waals surface area (Å²) in [5.74, 6) is 3.48. The monoisotopic (exact) mass is 276 g/mol. The molecule has 1 atom stereocenters. The third-order valence-electron chi connectivity index (χ3n) is 6.27. The molecule has 20 heavy (non-hydrogen) atoms. The molecule has 4 bridgehead atoms. The van der Waals surface area contributed by atoms with Crippen molar-refractivity contribution < 1.29 is 9.59 Å². The Morgan fingerprint density at radius 1 is 1.10 bits per heavy atom. The summed E-state index contributed by atoms with van der Waals surface area (Å²) in [5, 5.41) is 2.83. The van der Waals surface area contributed by atoms with E-state index in [4.69, 9.17) is 0 Å². The smallest absolute Gasteiger partial charge is 0.245 e. The van der Waals surface area contributed by atoms with Crippen molar-refractivity contribution in [3.63, 3.8) is 0 Å². The summed E-state index contributed by atoms with van der Waals surface area (Å²) >= 11 is 0. The number of nitrogens with one attached hydrogen (secondary N) is 1. The second-order valence-corrected chi connectivity index (χ2v) is 7.53. The lowest BCUT2D eigenvalue weighted by atomic mass is 9.54. The van der Waals surface area contributed by atoms with Gasteiger partial charge >= 0.3 is 0 Å². The van der Waals surface area contributed by atoms with Crippen LogP contribution in [0.2, 0.25) is 0 Å². The van der Waals surface area contributed by atoms with E-state index in [2.05, 4.69) is 5.32 Å². The third kappa shape index (κ3) is 1.87. The Morgan fingerprint density at radius 2 is 1.70 bits per heavy atom. The number of carbonyl (C=O) groups is 2. The van der Waals surface area contributed by atoms with E-state index < -0.39 is 0 Å². The Balaban J connectivity index is 1.49. The molecule has 4 saturated carbocycles. The van der Waals surface area contributed by atoms with Gasteiger partial charge in [-0.1, -0.05) is 0 Å². The molecule has 0 aromatic rings. The highest BCUT2D eigenvalue weighted by Crippen LogP contribution is 2.55. The van der Waals surface area contributed by atoms with Crippen molar-refractivity contribution in [3.05, 3.63) is 0 Å². The molecule has 5 fully saturated rings. The summed E-state index contributed by atoms with van der Waals surface area (Å²) in [6.07, 6.45) is 7.93. The van der Waals surface area contributed by atoms with Gasteiger partial charge in [-0.05, 0) is 62.2 Å². The van der Waals surface area contributed by atoms with Gasteiger partial charge in [0, 0.05) is 19.5 Å². The van der Waals surface area contributed by atoms with Crippen molar-refractivity contribution in [1.82, 2.24) is 10.2 Å². The molecule has 4 heteroatoms. The highest BCUT2D eigenvalue weighted by atomic mass is 16.2. The highest BCUT2D eigenvalue weighted by Gasteiger charge is 2.50. The van der Waals surface area contributed by atoms with Gasteiger partial charge in [0.2, 0.25) is 11.8 Å². The summed E-state index contributed by atoms with van der Waals surface area (Å²) in [6.45, 7) is 0. The Bertz CT molecular complexity index is 420. The molecule has 0 aromatic heterocycles. The van der Waals surface area contributed by atoms with Crippen LogP contribution in [0.25, 0.3) is 0 Å². The maximum atomic E-state index is 12.6. The first-order valence-corrected chi connectivity index (χ1v) is 8.18. The van der Waals surface area contributed by atoms with Crippen LogP contribution in [-0.2, 0) is 9.59 Å². The molecule has 5 aliphatic rings. The molecule has 0 radical (unpaired) electrons. The molecule has 1 N–H and O–H groups in total. The molecule has 2 amide bonds. The van der Waals surface area contributed by atoms with E-state index in [1.165, 1.54) is 32.1 Å². The van der Waals surface area contributed by atoms with Gasteiger partial charge < -0.3 is 10.2 Å². The number of nitrogens with zero attached hydrogens (tertiary/aromatic N) is 1. The molecular formula is C16H24N2O2. The van der Waals surface area contributed by atoms with Crippen molar-refractivity contribution >= 4 is 11.8 Å². The van der Waals surface area contributed by atoms with E-state index in [1.807, 2.05) is 11.9 Å². The van der Waals surface area contributed by atoms with Crippen molar-refractivity contribution in [2.24, 2.45) is 23.7 Å². The van der Waals surface area contributed by atoms with Gasteiger partial charge in [0.15, 0.2) is 0 Å². The number of hydrogen-bond donors (Lipinski definition) is 1. The topological polar surface area (TPSA) is 49.4 Å². The molecular weight excluding hydrogens is 252 g/mol. The SMILES string of the molecule is CN(C(=O)[C@H]1CCC(=O)N1)C1C2CC3CC(C2)CC1C3. The lowest BCUT2D eigenvalue weighted by Gasteiger charge is -2.56. The van der Waals surface area contributed by atoms with Crippen LogP contribution in [-0.4, -0.2) is 35.8 Å². The van der Waals surface area contributed by atoms with Crippen molar-refractivity contribution in [2.75, 3.05) is 7.05 Å². The standard InChI is InChI=1S/C16H24N2O2/c1-18(16(20)13-2-3-14(19)17-13)15-11-5-9-4-10(7-11)8-12(15)6-9/h9-13,15H,2-8H2,1H3,(H,17,19)/t9?,10?,11?,12?,13-,15?/m1/s1. The van der Waals surface area contributed by atoms with Gasteiger partial charge in [-0.25, -0.2) is 0 Å². The number of rotatable bonds is 2. The summed E-state index contributed by atoms with van der Waals surface area (Å²) < 4.78 is 0. The van der Waals surface area contributed by atoms with Crippen molar-refractivity contribution in [2.45, 2.75) is 57.0 Å². The maximum Gasteiger partial charge on any atom is 0.245 e. The second-order valence-electron chi connectivity index (χ2n) is 7.53. The zero-order chi connectivity index (χ0) is 13.9. The molecule has 0 aromatic carbocycles. The average Bonchev–Trinajstić information content (AvgIpc) is 2.83. The largest absolute Gasteiger partial charge is 0.344 e. The van der Waals surface area contributed by atoms with Gasteiger partial charge in [-0.2, -0.15) is 0 Å². The fraction of sp³-hybridized carbons (Fsp3) is 0.875. The van der Waals surface area contributed by atoms with Gasteiger partial charge in [0.1, 0.15) is 6.04 Å². The normalized spacial score (nSPS) is 45.5. The Kier molecular flexibility index (Phi) is 2.83. The van der Waals surface area contributed by atoms with E-state index in [-0.39, 0.29) is 17.9 Å². The first kappa shape index (κ1) is 12.7. The molecule has 0 spiro atoms. The quantitative estimate of drug-likeness (QED) is 0.832. The van der Waals surface area contributed by atoms with Crippen LogP contribution in [0, 0.1) is 23.7 Å². The molecule has 5 rings (SSSR count).